The minimum Gasteiger partial charge on any atom is -0.455 e. The molecule has 0 fully saturated rings. The van der Waals surface area contributed by atoms with E-state index in [2.05, 4.69) is 10.6 Å². The summed E-state index contributed by atoms with van der Waals surface area (Å²) in [5.74, 6) is -1.77. The first-order valence-electron chi connectivity index (χ1n) is 8.08. The Morgan fingerprint density at radius 1 is 0.963 bits per heavy atom. The van der Waals surface area contributed by atoms with Crippen LogP contribution in [0.15, 0.2) is 48.5 Å². The maximum absolute atomic E-state index is 12.8. The maximum atomic E-state index is 12.8. The Kier molecular flexibility index (Phi) is 7.81. The van der Waals surface area contributed by atoms with E-state index in [0.29, 0.717) is 11.4 Å². The van der Waals surface area contributed by atoms with Crippen LogP contribution in [0.5, 0.6) is 0 Å². The number of rotatable bonds is 8. The third-order valence-corrected chi connectivity index (χ3v) is 4.27. The van der Waals surface area contributed by atoms with Gasteiger partial charge in [0.2, 0.25) is 5.91 Å². The second kappa shape index (κ2) is 10.3. The summed E-state index contributed by atoms with van der Waals surface area (Å²) in [4.78, 5) is 35.2. The van der Waals surface area contributed by atoms with Crippen molar-refractivity contribution in [2.24, 2.45) is 0 Å². The zero-order chi connectivity index (χ0) is 19.6. The number of carbonyl (C=O) groups is 3. The van der Waals surface area contributed by atoms with E-state index in [9.17, 15) is 18.8 Å². The van der Waals surface area contributed by atoms with Crippen molar-refractivity contribution in [2.45, 2.75) is 6.92 Å². The largest absolute Gasteiger partial charge is 0.455 e. The third-order valence-electron chi connectivity index (χ3n) is 3.36. The molecule has 0 atom stereocenters. The number of carbonyl (C=O) groups excluding carboxylic acids is 3. The fraction of sp³-hybridized carbons (Fsp3) is 0.211. The van der Waals surface area contributed by atoms with Gasteiger partial charge in [-0.3, -0.25) is 14.4 Å². The lowest BCUT2D eigenvalue weighted by Gasteiger charge is -2.08. The number of thioether (sulfide) groups is 1. The van der Waals surface area contributed by atoms with Gasteiger partial charge in [0, 0.05) is 11.4 Å². The molecule has 2 aromatic carbocycles. The van der Waals surface area contributed by atoms with Crippen molar-refractivity contribution in [3.05, 3.63) is 59.9 Å². The molecule has 2 N–H and O–H groups in total. The minimum absolute atomic E-state index is 0.0296. The van der Waals surface area contributed by atoms with Crippen LogP contribution in [0.25, 0.3) is 0 Å². The molecular weight excluding hydrogens is 371 g/mol. The molecule has 2 amide bonds. The normalized spacial score (nSPS) is 10.1. The standard InChI is InChI=1S/C19H19FN2O4S/c1-13-4-2-3-5-16(13)22-17(23)10-26-19(25)12-27-11-18(24)21-15-8-6-14(20)7-9-15/h2-9H,10-12H2,1H3,(H,21,24)(H,22,23). The fourth-order valence-corrected chi connectivity index (χ4v) is 2.65. The summed E-state index contributed by atoms with van der Waals surface area (Å²) in [7, 11) is 0. The van der Waals surface area contributed by atoms with E-state index in [1.165, 1.54) is 24.3 Å². The quantitative estimate of drug-likeness (QED) is 0.677. The fourth-order valence-electron chi connectivity index (χ4n) is 2.04. The first-order chi connectivity index (χ1) is 12.9. The van der Waals surface area contributed by atoms with Gasteiger partial charge in [0.25, 0.3) is 5.91 Å². The van der Waals surface area contributed by atoms with Gasteiger partial charge in [-0.05, 0) is 42.8 Å². The van der Waals surface area contributed by atoms with Gasteiger partial charge in [-0.15, -0.1) is 11.8 Å². The molecule has 2 rings (SSSR count). The summed E-state index contributed by atoms with van der Waals surface area (Å²) in [6.45, 7) is 1.46. The van der Waals surface area contributed by atoms with E-state index in [4.69, 9.17) is 4.74 Å². The molecule has 8 heteroatoms. The third kappa shape index (κ3) is 7.49. The second-order valence-electron chi connectivity index (χ2n) is 5.57. The van der Waals surface area contributed by atoms with Gasteiger partial charge in [-0.25, -0.2) is 4.39 Å². The van der Waals surface area contributed by atoms with Crippen LogP contribution in [0, 0.1) is 12.7 Å². The molecule has 2 aromatic rings. The number of aryl methyl sites for hydroxylation is 1. The monoisotopic (exact) mass is 390 g/mol. The van der Waals surface area contributed by atoms with E-state index in [1.54, 1.807) is 12.1 Å². The zero-order valence-corrected chi connectivity index (χ0v) is 15.5. The number of benzene rings is 2. The number of nitrogens with one attached hydrogen (secondary N) is 2. The summed E-state index contributed by atoms with van der Waals surface area (Å²) < 4.78 is 17.7. The average Bonchev–Trinajstić information content (AvgIpc) is 2.64. The number of anilines is 2. The molecule has 0 heterocycles. The summed E-state index contributed by atoms with van der Waals surface area (Å²) in [5, 5.41) is 5.24. The number of esters is 1. The molecule has 27 heavy (non-hydrogen) atoms. The summed E-state index contributed by atoms with van der Waals surface area (Å²) in [6, 6.07) is 12.6. The van der Waals surface area contributed by atoms with Crippen LogP contribution in [0.3, 0.4) is 0 Å². The van der Waals surface area contributed by atoms with Crippen LogP contribution < -0.4 is 10.6 Å². The highest BCUT2D eigenvalue weighted by Gasteiger charge is 2.10. The Hall–Kier alpha value is -2.87. The Balaban J connectivity index is 1.63. The molecule has 6 nitrogen and oxygen atoms in total. The lowest BCUT2D eigenvalue weighted by Crippen LogP contribution is -2.22. The average molecular weight is 390 g/mol. The van der Waals surface area contributed by atoms with Crippen molar-refractivity contribution in [3.8, 4) is 0 Å². The predicted molar refractivity (Wildman–Crippen MR) is 103 cm³/mol. The lowest BCUT2D eigenvalue weighted by atomic mass is 10.2. The molecule has 0 aliphatic heterocycles. The van der Waals surface area contributed by atoms with Crippen molar-refractivity contribution in [2.75, 3.05) is 28.7 Å². The SMILES string of the molecule is Cc1ccccc1NC(=O)COC(=O)CSCC(=O)Nc1ccc(F)cc1. The van der Waals surface area contributed by atoms with Crippen molar-refractivity contribution in [1.29, 1.82) is 0 Å². The highest BCUT2D eigenvalue weighted by Crippen LogP contribution is 2.13. The molecule has 0 radical (unpaired) electrons. The number of amides is 2. The maximum Gasteiger partial charge on any atom is 0.316 e. The van der Waals surface area contributed by atoms with Gasteiger partial charge in [0.05, 0.1) is 11.5 Å². The summed E-state index contributed by atoms with van der Waals surface area (Å²) in [5.41, 5.74) is 2.03. The molecule has 0 saturated heterocycles. The van der Waals surface area contributed by atoms with Crippen LogP contribution in [0.4, 0.5) is 15.8 Å². The molecule has 0 aliphatic carbocycles. The number of hydrogen-bond donors (Lipinski definition) is 2. The van der Waals surface area contributed by atoms with Gasteiger partial charge in [-0.2, -0.15) is 0 Å². The Bertz CT molecular complexity index is 812. The Morgan fingerprint density at radius 2 is 1.67 bits per heavy atom. The molecule has 0 aromatic heterocycles. The molecule has 142 valence electrons. The van der Waals surface area contributed by atoms with Crippen LogP contribution in [0.2, 0.25) is 0 Å². The number of halogens is 1. The molecule has 0 unspecified atom stereocenters. The van der Waals surface area contributed by atoms with Crippen LogP contribution in [0.1, 0.15) is 5.56 Å². The van der Waals surface area contributed by atoms with Crippen LogP contribution in [-0.4, -0.2) is 35.9 Å². The van der Waals surface area contributed by atoms with Gasteiger partial charge >= 0.3 is 5.97 Å². The second-order valence-corrected chi connectivity index (χ2v) is 6.56. The predicted octanol–water partition coefficient (Wildman–Crippen LogP) is 2.99. The van der Waals surface area contributed by atoms with Crippen molar-refractivity contribution in [1.82, 2.24) is 0 Å². The van der Waals surface area contributed by atoms with Gasteiger partial charge in [-0.1, -0.05) is 18.2 Å². The van der Waals surface area contributed by atoms with Gasteiger partial charge in [0.15, 0.2) is 6.61 Å². The zero-order valence-electron chi connectivity index (χ0n) is 14.7. The number of ether oxygens (including phenoxy) is 1. The Labute approximate surface area is 160 Å². The first-order valence-corrected chi connectivity index (χ1v) is 9.24. The Morgan fingerprint density at radius 3 is 2.37 bits per heavy atom. The van der Waals surface area contributed by atoms with E-state index in [-0.39, 0.29) is 17.4 Å². The van der Waals surface area contributed by atoms with Crippen LogP contribution >= 0.6 is 11.8 Å². The van der Waals surface area contributed by atoms with E-state index in [1.807, 2.05) is 19.1 Å². The molecule has 0 bridgehead atoms. The van der Waals surface area contributed by atoms with Gasteiger partial charge < -0.3 is 15.4 Å². The number of para-hydroxylation sites is 1. The molecular formula is C19H19FN2O4S. The van der Waals surface area contributed by atoms with Gasteiger partial charge in [0.1, 0.15) is 5.82 Å². The van der Waals surface area contributed by atoms with E-state index in [0.717, 1.165) is 17.3 Å². The highest BCUT2D eigenvalue weighted by atomic mass is 32.2. The van der Waals surface area contributed by atoms with Crippen molar-refractivity contribution < 1.29 is 23.5 Å². The topological polar surface area (TPSA) is 84.5 Å². The molecule has 0 spiro atoms. The lowest BCUT2D eigenvalue weighted by molar-refractivity contribution is -0.144. The summed E-state index contributed by atoms with van der Waals surface area (Å²) >= 11 is 1.06. The first kappa shape index (κ1) is 20.4. The minimum atomic E-state index is -0.588. The number of hydrogen-bond acceptors (Lipinski definition) is 5. The smallest absolute Gasteiger partial charge is 0.316 e. The van der Waals surface area contributed by atoms with E-state index >= 15 is 0 Å². The summed E-state index contributed by atoms with van der Waals surface area (Å²) in [6.07, 6.45) is 0. The van der Waals surface area contributed by atoms with Crippen molar-refractivity contribution >= 4 is 40.9 Å². The molecule has 0 saturated carbocycles. The van der Waals surface area contributed by atoms with Crippen LogP contribution in [-0.2, 0) is 19.1 Å². The highest BCUT2D eigenvalue weighted by molar-refractivity contribution is 8.00. The van der Waals surface area contributed by atoms with Crippen molar-refractivity contribution in [3.63, 3.8) is 0 Å². The molecule has 0 aliphatic rings. The van der Waals surface area contributed by atoms with E-state index < -0.39 is 24.3 Å².